The molecule has 4 rings (SSSR count). The fourth-order valence-electron chi connectivity index (χ4n) is 5.21. The molecule has 0 radical (unpaired) electrons. The molecule has 0 N–H and O–H groups in total. The summed E-state index contributed by atoms with van der Waals surface area (Å²) in [7, 11) is 0. The van der Waals surface area contributed by atoms with Crippen LogP contribution in [0.5, 0.6) is 0 Å². The molecule has 0 spiro atoms. The van der Waals surface area contributed by atoms with Gasteiger partial charge in [0.1, 0.15) is 6.10 Å². The molecule has 0 bridgehead atoms. The van der Waals surface area contributed by atoms with Crippen LogP contribution in [0.15, 0.2) is 60.9 Å². The van der Waals surface area contributed by atoms with Gasteiger partial charge in [-0.3, -0.25) is 9.78 Å². The van der Waals surface area contributed by atoms with E-state index in [-0.39, 0.29) is 12.1 Å². The Bertz CT molecular complexity index is 1360. The van der Waals surface area contributed by atoms with Crippen LogP contribution in [-0.2, 0) is 22.4 Å². The zero-order valence-corrected chi connectivity index (χ0v) is 23.3. The van der Waals surface area contributed by atoms with Gasteiger partial charge < -0.3 is 9.30 Å². The molecule has 1 atom stereocenters. The smallest absolute Gasteiger partial charge is 0.303 e. The van der Waals surface area contributed by atoms with Crippen molar-refractivity contribution in [1.82, 2.24) is 9.55 Å². The van der Waals surface area contributed by atoms with Crippen LogP contribution in [0.3, 0.4) is 0 Å². The maximum absolute atomic E-state index is 12.1. The fraction of sp³-hybridized carbons (Fsp3) is 0.394. The number of hydrogen-bond acceptors (Lipinski definition) is 3. The molecule has 0 aliphatic rings. The lowest BCUT2D eigenvalue weighted by Crippen LogP contribution is -2.11. The van der Waals surface area contributed by atoms with Crippen molar-refractivity contribution in [2.24, 2.45) is 5.92 Å². The van der Waals surface area contributed by atoms with Crippen LogP contribution in [0, 0.1) is 5.92 Å². The number of fused-ring (bicyclic) bond motifs is 1. The van der Waals surface area contributed by atoms with E-state index >= 15 is 0 Å². The second-order valence-electron chi connectivity index (χ2n) is 10.7. The third-order valence-corrected chi connectivity index (χ3v) is 7.16. The Morgan fingerprint density at radius 3 is 2.16 bits per heavy atom. The van der Waals surface area contributed by atoms with Crippen LogP contribution < -0.4 is 0 Å². The van der Waals surface area contributed by atoms with E-state index in [1.54, 1.807) is 0 Å². The molecule has 2 heterocycles. The van der Waals surface area contributed by atoms with Crippen molar-refractivity contribution in [2.75, 3.05) is 0 Å². The minimum absolute atomic E-state index is 0.258. The van der Waals surface area contributed by atoms with Crippen molar-refractivity contribution in [3.8, 4) is 16.9 Å². The largest absolute Gasteiger partial charge is 0.458 e. The maximum Gasteiger partial charge on any atom is 0.303 e. The lowest BCUT2D eigenvalue weighted by Gasteiger charge is -2.19. The van der Waals surface area contributed by atoms with E-state index in [0.717, 1.165) is 47.1 Å². The summed E-state index contributed by atoms with van der Waals surface area (Å²) in [6, 6.07) is 17.4. The minimum atomic E-state index is -0.321. The third kappa shape index (κ3) is 5.64. The number of aryl methyl sites for hydroxylation is 2. The number of esters is 1. The van der Waals surface area contributed by atoms with E-state index in [2.05, 4.69) is 101 Å². The van der Waals surface area contributed by atoms with Crippen molar-refractivity contribution in [1.29, 1.82) is 0 Å². The monoisotopic (exact) mass is 496 g/mol. The lowest BCUT2D eigenvalue weighted by atomic mass is 9.93. The molecule has 1 unspecified atom stereocenters. The predicted molar refractivity (Wildman–Crippen MR) is 153 cm³/mol. The molecule has 4 heteroatoms. The van der Waals surface area contributed by atoms with E-state index < -0.39 is 0 Å². The number of pyridine rings is 1. The molecular weight excluding hydrogens is 456 g/mol. The van der Waals surface area contributed by atoms with E-state index in [4.69, 9.17) is 9.72 Å². The first-order chi connectivity index (χ1) is 17.7. The molecule has 4 nitrogen and oxygen atoms in total. The van der Waals surface area contributed by atoms with Gasteiger partial charge in [-0.15, -0.1) is 0 Å². The van der Waals surface area contributed by atoms with Gasteiger partial charge in [0.25, 0.3) is 0 Å². The fourth-order valence-corrected chi connectivity index (χ4v) is 5.21. The summed E-state index contributed by atoms with van der Waals surface area (Å²) < 4.78 is 8.11. The third-order valence-electron chi connectivity index (χ3n) is 7.16. The summed E-state index contributed by atoms with van der Waals surface area (Å²) in [5.41, 5.74) is 9.23. The van der Waals surface area contributed by atoms with Crippen molar-refractivity contribution in [2.45, 2.75) is 79.8 Å². The second-order valence-corrected chi connectivity index (χ2v) is 10.7. The highest BCUT2D eigenvalue weighted by Crippen LogP contribution is 2.37. The van der Waals surface area contributed by atoms with Crippen LogP contribution in [-0.4, -0.2) is 15.5 Å². The van der Waals surface area contributed by atoms with Crippen LogP contribution >= 0.6 is 0 Å². The maximum atomic E-state index is 12.1. The van der Waals surface area contributed by atoms with Crippen molar-refractivity contribution >= 4 is 16.9 Å². The molecule has 0 fully saturated rings. The lowest BCUT2D eigenvalue weighted by molar-refractivity contribution is -0.147. The highest BCUT2D eigenvalue weighted by atomic mass is 16.5. The number of hydrogen-bond donors (Lipinski definition) is 0. The summed E-state index contributed by atoms with van der Waals surface area (Å²) in [5, 5.41) is 1.08. The highest BCUT2D eigenvalue weighted by Gasteiger charge is 2.24. The van der Waals surface area contributed by atoms with Gasteiger partial charge in [-0.1, -0.05) is 71.9 Å². The van der Waals surface area contributed by atoms with Crippen LogP contribution in [0.1, 0.15) is 89.2 Å². The van der Waals surface area contributed by atoms with Gasteiger partial charge in [-0.2, -0.15) is 0 Å². The first-order valence-electron chi connectivity index (χ1n) is 13.6. The zero-order chi connectivity index (χ0) is 26.7. The van der Waals surface area contributed by atoms with Crippen LogP contribution in [0.4, 0.5) is 0 Å². The average molecular weight is 497 g/mol. The standard InChI is InChI=1S/C33H40N2O2/c1-8-24-11-10-12-25(9-2)33(24)30-18-28-29(32(17-21(3)4)37-23(7)36)20-35(31(28)19-34-30)27-15-13-26(14-16-27)22(5)6/h10-16,18-22,32H,8-9,17H2,1-7H3. The molecule has 0 aliphatic carbocycles. The predicted octanol–water partition coefficient (Wildman–Crippen LogP) is 8.59. The van der Waals surface area contributed by atoms with E-state index in [1.165, 1.54) is 29.2 Å². The molecule has 0 saturated heterocycles. The quantitative estimate of drug-likeness (QED) is 0.218. The Hall–Kier alpha value is -3.40. The van der Waals surface area contributed by atoms with Gasteiger partial charge in [0.05, 0.1) is 17.4 Å². The summed E-state index contributed by atoms with van der Waals surface area (Å²) >= 11 is 0. The molecule has 194 valence electrons. The Morgan fingerprint density at radius 2 is 1.62 bits per heavy atom. The van der Waals surface area contributed by atoms with Crippen LogP contribution in [0.25, 0.3) is 27.8 Å². The van der Waals surface area contributed by atoms with Crippen molar-refractivity contribution in [3.05, 3.63) is 83.2 Å². The molecule has 4 aromatic rings. The van der Waals surface area contributed by atoms with Gasteiger partial charge in [-0.05, 0) is 66.0 Å². The van der Waals surface area contributed by atoms with Crippen LogP contribution in [0.2, 0.25) is 0 Å². The molecule has 0 amide bonds. The average Bonchev–Trinajstić information content (AvgIpc) is 3.26. The van der Waals surface area contributed by atoms with E-state index in [9.17, 15) is 4.79 Å². The first kappa shape index (κ1) is 26.7. The number of ether oxygens (including phenoxy) is 1. The summed E-state index contributed by atoms with van der Waals surface area (Å²) in [4.78, 5) is 17.1. The number of benzene rings is 2. The highest BCUT2D eigenvalue weighted by molar-refractivity contribution is 5.89. The first-order valence-corrected chi connectivity index (χ1v) is 13.6. The van der Waals surface area contributed by atoms with Gasteiger partial charge in [0.2, 0.25) is 0 Å². The van der Waals surface area contributed by atoms with Crippen molar-refractivity contribution in [3.63, 3.8) is 0 Å². The summed E-state index contributed by atoms with van der Waals surface area (Å²) in [6.45, 7) is 14.6. The number of carbonyl (C=O) groups excluding carboxylic acids is 1. The van der Waals surface area contributed by atoms with Gasteiger partial charge in [0.15, 0.2) is 0 Å². The zero-order valence-electron chi connectivity index (χ0n) is 23.3. The van der Waals surface area contributed by atoms with Crippen molar-refractivity contribution < 1.29 is 9.53 Å². The molecule has 2 aromatic heterocycles. The Balaban J connectivity index is 1.97. The number of carbonyl (C=O) groups is 1. The van der Waals surface area contributed by atoms with E-state index in [1.807, 2.05) is 6.20 Å². The number of rotatable bonds is 9. The van der Waals surface area contributed by atoms with Gasteiger partial charge >= 0.3 is 5.97 Å². The Labute approximate surface area is 221 Å². The molecule has 0 aliphatic heterocycles. The van der Waals surface area contributed by atoms with Gasteiger partial charge in [-0.25, -0.2) is 0 Å². The number of aromatic nitrogens is 2. The normalized spacial score (nSPS) is 12.5. The molecular formula is C33H40N2O2. The van der Waals surface area contributed by atoms with Gasteiger partial charge in [0, 0.05) is 35.3 Å². The van der Waals surface area contributed by atoms with E-state index in [0.29, 0.717) is 11.8 Å². The minimum Gasteiger partial charge on any atom is -0.458 e. The second kappa shape index (κ2) is 11.3. The molecule has 2 aromatic carbocycles. The summed E-state index contributed by atoms with van der Waals surface area (Å²) in [6.07, 6.45) is 6.46. The summed E-state index contributed by atoms with van der Waals surface area (Å²) in [5.74, 6) is 0.592. The molecule has 37 heavy (non-hydrogen) atoms. The topological polar surface area (TPSA) is 44.1 Å². The molecule has 0 saturated carbocycles. The Morgan fingerprint density at radius 1 is 0.973 bits per heavy atom. The number of nitrogens with zero attached hydrogens (tertiary/aromatic N) is 2. The Kier molecular flexibility index (Phi) is 8.16. The SMILES string of the molecule is CCc1cccc(CC)c1-c1cc2c(C(CC(C)C)OC(C)=O)cn(-c3ccc(C(C)C)cc3)c2cn1.